The van der Waals surface area contributed by atoms with E-state index in [1.807, 2.05) is 44.2 Å². The van der Waals surface area contributed by atoms with Gasteiger partial charge in [-0.2, -0.15) is 0 Å². The van der Waals surface area contributed by atoms with Gasteiger partial charge in [0.15, 0.2) is 0 Å². The zero-order chi connectivity index (χ0) is 27.6. The lowest BCUT2D eigenvalue weighted by molar-refractivity contribution is -0.153. The van der Waals surface area contributed by atoms with Crippen LogP contribution in [0.2, 0.25) is 0 Å². The standard InChI is InChI=1S/C30H41N3O5/c1-6-16-31(5)27(35)24-23-14-15-30(38-23)25(24)28(36)33(22(19-34)20(4)8-3)26(30)29(37)32(17-7-2)18-21-12-10-9-11-13-21/h6-7,9-13,20,22-26,34H,1-2,8,14-19H2,3-5H3/t20-,22-,23-,24+,25-,26?,30?/m0/s1. The number of carbonyl (C=O) groups is 3. The molecule has 3 aliphatic heterocycles. The van der Waals surface area contributed by atoms with Gasteiger partial charge in [0.25, 0.3) is 0 Å². The number of rotatable bonds is 12. The number of aliphatic hydroxyl groups excluding tert-OH is 1. The van der Waals surface area contributed by atoms with Gasteiger partial charge < -0.3 is 24.5 Å². The van der Waals surface area contributed by atoms with Gasteiger partial charge >= 0.3 is 0 Å². The summed E-state index contributed by atoms with van der Waals surface area (Å²) in [5.74, 6) is -2.16. The van der Waals surface area contributed by atoms with Crippen LogP contribution in [0.5, 0.6) is 0 Å². The van der Waals surface area contributed by atoms with Crippen molar-refractivity contribution in [3.8, 4) is 0 Å². The van der Waals surface area contributed by atoms with Crippen LogP contribution < -0.4 is 0 Å². The largest absolute Gasteiger partial charge is 0.394 e. The number of hydrogen-bond donors (Lipinski definition) is 1. The van der Waals surface area contributed by atoms with Gasteiger partial charge in [0.2, 0.25) is 17.7 Å². The Bertz CT molecular complexity index is 1060. The number of likely N-dealkylation sites (tertiary alicyclic amines) is 1. The molecule has 3 fully saturated rings. The average Bonchev–Trinajstić information content (AvgIpc) is 3.56. The van der Waals surface area contributed by atoms with Gasteiger partial charge in [0.1, 0.15) is 11.6 Å². The Morgan fingerprint density at radius 3 is 2.50 bits per heavy atom. The number of benzene rings is 1. The van der Waals surface area contributed by atoms with Crippen molar-refractivity contribution in [2.75, 3.05) is 26.7 Å². The first-order valence-corrected chi connectivity index (χ1v) is 13.7. The van der Waals surface area contributed by atoms with Crippen molar-refractivity contribution in [3.05, 3.63) is 61.2 Å². The Morgan fingerprint density at radius 2 is 1.89 bits per heavy atom. The third-order valence-electron chi connectivity index (χ3n) is 8.76. The molecular formula is C30H41N3O5. The molecule has 3 aliphatic rings. The van der Waals surface area contributed by atoms with E-state index >= 15 is 0 Å². The van der Waals surface area contributed by atoms with Gasteiger partial charge in [0.05, 0.1) is 30.6 Å². The number of fused-ring (bicyclic) bond motifs is 1. The quantitative estimate of drug-likeness (QED) is 0.426. The van der Waals surface area contributed by atoms with Gasteiger partial charge in [-0.3, -0.25) is 14.4 Å². The summed E-state index contributed by atoms with van der Waals surface area (Å²) >= 11 is 0. The van der Waals surface area contributed by atoms with Gasteiger partial charge in [-0.25, -0.2) is 0 Å². The normalized spacial score (nSPS) is 29.1. The smallest absolute Gasteiger partial charge is 0.249 e. The number of nitrogens with zero attached hydrogens (tertiary/aromatic N) is 3. The van der Waals surface area contributed by atoms with Crippen molar-refractivity contribution in [2.24, 2.45) is 17.8 Å². The van der Waals surface area contributed by atoms with Crippen molar-refractivity contribution in [1.82, 2.24) is 14.7 Å². The van der Waals surface area contributed by atoms with Crippen molar-refractivity contribution >= 4 is 17.7 Å². The minimum Gasteiger partial charge on any atom is -0.394 e. The first-order chi connectivity index (χ1) is 18.2. The molecule has 38 heavy (non-hydrogen) atoms. The third-order valence-corrected chi connectivity index (χ3v) is 8.76. The highest BCUT2D eigenvalue weighted by atomic mass is 16.5. The molecule has 3 saturated heterocycles. The fraction of sp³-hybridized carbons (Fsp3) is 0.567. The number of aliphatic hydroxyl groups is 1. The Hall–Kier alpha value is -2.97. The lowest BCUT2D eigenvalue weighted by Gasteiger charge is -2.41. The minimum atomic E-state index is -1.11. The van der Waals surface area contributed by atoms with Gasteiger partial charge in [0, 0.05) is 26.7 Å². The number of likely N-dealkylation sites (N-methyl/N-ethyl adjacent to an activating group) is 1. The molecule has 7 atom stereocenters. The summed E-state index contributed by atoms with van der Waals surface area (Å²) in [7, 11) is 1.70. The van der Waals surface area contributed by atoms with Crippen LogP contribution in [0.15, 0.2) is 55.6 Å². The lowest BCUT2D eigenvalue weighted by atomic mass is 9.70. The molecule has 1 aromatic rings. The van der Waals surface area contributed by atoms with Crippen LogP contribution in [0, 0.1) is 17.8 Å². The summed E-state index contributed by atoms with van der Waals surface area (Å²) in [6.07, 6.45) is 4.76. The van der Waals surface area contributed by atoms with E-state index in [0.717, 1.165) is 12.0 Å². The van der Waals surface area contributed by atoms with Crippen LogP contribution in [-0.2, 0) is 25.7 Å². The van der Waals surface area contributed by atoms with Crippen molar-refractivity contribution in [3.63, 3.8) is 0 Å². The summed E-state index contributed by atoms with van der Waals surface area (Å²) in [6.45, 7) is 12.3. The maximum atomic E-state index is 14.5. The summed E-state index contributed by atoms with van der Waals surface area (Å²) in [5, 5.41) is 10.5. The topological polar surface area (TPSA) is 90.4 Å². The van der Waals surface area contributed by atoms with Crippen LogP contribution in [0.1, 0.15) is 38.7 Å². The number of ether oxygens (including phenoxy) is 1. The number of carbonyl (C=O) groups excluding carboxylic acids is 3. The van der Waals surface area contributed by atoms with Crippen LogP contribution in [0.4, 0.5) is 0 Å². The molecule has 8 heteroatoms. The third kappa shape index (κ3) is 4.58. The Balaban J connectivity index is 1.78. The highest BCUT2D eigenvalue weighted by Crippen LogP contribution is 2.59. The maximum Gasteiger partial charge on any atom is 0.249 e. The highest BCUT2D eigenvalue weighted by Gasteiger charge is 2.75. The fourth-order valence-electron chi connectivity index (χ4n) is 6.73. The highest BCUT2D eigenvalue weighted by molar-refractivity contribution is 5.99. The molecule has 0 aliphatic carbocycles. The first kappa shape index (κ1) is 28.0. The molecule has 1 spiro atoms. The monoisotopic (exact) mass is 523 g/mol. The molecule has 8 nitrogen and oxygen atoms in total. The zero-order valence-corrected chi connectivity index (χ0v) is 22.8. The fourth-order valence-corrected chi connectivity index (χ4v) is 6.73. The molecule has 0 radical (unpaired) electrons. The number of amides is 3. The molecule has 1 aromatic carbocycles. The molecule has 1 N–H and O–H groups in total. The second kappa shape index (κ2) is 11.4. The van der Waals surface area contributed by atoms with Crippen molar-refractivity contribution < 1.29 is 24.2 Å². The molecule has 0 aromatic heterocycles. The Labute approximate surface area is 225 Å². The predicted molar refractivity (Wildman–Crippen MR) is 145 cm³/mol. The molecule has 2 bridgehead atoms. The summed E-state index contributed by atoms with van der Waals surface area (Å²) in [4.78, 5) is 47.2. The second-order valence-corrected chi connectivity index (χ2v) is 10.9. The number of hydrogen-bond acceptors (Lipinski definition) is 5. The molecule has 206 valence electrons. The second-order valence-electron chi connectivity index (χ2n) is 10.9. The van der Waals surface area contributed by atoms with Crippen LogP contribution in [0.3, 0.4) is 0 Å². The van der Waals surface area contributed by atoms with Crippen molar-refractivity contribution in [2.45, 2.75) is 63.4 Å². The Kier molecular flexibility index (Phi) is 8.43. The van der Waals surface area contributed by atoms with Crippen LogP contribution in [0.25, 0.3) is 0 Å². The predicted octanol–water partition coefficient (Wildman–Crippen LogP) is 2.63. The molecule has 3 amide bonds. The van der Waals surface area contributed by atoms with E-state index in [-0.39, 0.29) is 30.2 Å². The summed E-state index contributed by atoms with van der Waals surface area (Å²) in [6, 6.07) is 8.20. The Morgan fingerprint density at radius 1 is 1.21 bits per heavy atom. The molecule has 4 rings (SSSR count). The minimum absolute atomic E-state index is 0.0498. The summed E-state index contributed by atoms with van der Waals surface area (Å²) < 4.78 is 6.58. The van der Waals surface area contributed by atoms with Gasteiger partial charge in [-0.1, -0.05) is 62.8 Å². The molecule has 0 saturated carbocycles. The maximum absolute atomic E-state index is 14.5. The van der Waals surface area contributed by atoms with E-state index < -0.39 is 35.6 Å². The van der Waals surface area contributed by atoms with E-state index in [2.05, 4.69) is 13.2 Å². The SMILES string of the molecule is C=CCN(C)C(=O)[C@@H]1[C@@H]2CCC3(O2)C(C(=O)N(CC=C)Cc2ccccc2)N([C@@H](CO)[C@@H](C)CC)C(=O)[C@H]13. The van der Waals surface area contributed by atoms with E-state index in [1.165, 1.54) is 0 Å². The van der Waals surface area contributed by atoms with Crippen LogP contribution >= 0.6 is 0 Å². The first-order valence-electron chi connectivity index (χ1n) is 13.7. The van der Waals surface area contributed by atoms with E-state index in [4.69, 9.17) is 4.74 Å². The van der Waals surface area contributed by atoms with Crippen molar-refractivity contribution in [1.29, 1.82) is 0 Å². The van der Waals surface area contributed by atoms with E-state index in [9.17, 15) is 19.5 Å². The van der Waals surface area contributed by atoms with Gasteiger partial charge in [-0.05, 0) is 24.3 Å². The summed E-state index contributed by atoms with van der Waals surface area (Å²) in [5.41, 5.74) is -0.144. The average molecular weight is 524 g/mol. The molecule has 2 unspecified atom stereocenters. The van der Waals surface area contributed by atoms with E-state index in [0.29, 0.717) is 32.5 Å². The molecule has 3 heterocycles. The lowest BCUT2D eigenvalue weighted by Crippen LogP contribution is -2.59. The van der Waals surface area contributed by atoms with Gasteiger partial charge in [-0.15, -0.1) is 13.2 Å². The zero-order valence-electron chi connectivity index (χ0n) is 22.8. The van der Waals surface area contributed by atoms with Crippen LogP contribution in [-0.4, -0.2) is 88.1 Å². The molecular weight excluding hydrogens is 482 g/mol. The van der Waals surface area contributed by atoms with E-state index in [1.54, 1.807) is 33.9 Å².